The molecule has 1 aliphatic rings. The molecule has 0 unspecified atom stereocenters. The summed E-state index contributed by atoms with van der Waals surface area (Å²) >= 11 is 1.55. The highest BCUT2D eigenvalue weighted by Crippen LogP contribution is 2.22. The highest BCUT2D eigenvalue weighted by Gasteiger charge is 2.28. The van der Waals surface area contributed by atoms with E-state index in [1.165, 1.54) is 11.1 Å². The Labute approximate surface area is 159 Å². The summed E-state index contributed by atoms with van der Waals surface area (Å²) in [7, 11) is 0. The van der Waals surface area contributed by atoms with Crippen molar-refractivity contribution in [2.24, 2.45) is 0 Å². The van der Waals surface area contributed by atoms with E-state index < -0.39 is 0 Å². The second-order valence-electron chi connectivity index (χ2n) is 6.74. The topological polar surface area (TPSA) is 40.6 Å². The van der Waals surface area contributed by atoms with Crippen molar-refractivity contribution >= 4 is 23.6 Å². The number of nitrogens with zero attached hydrogens (tertiary/aromatic N) is 2. The van der Waals surface area contributed by atoms with E-state index in [1.807, 2.05) is 35.4 Å². The zero-order valence-electron chi connectivity index (χ0n) is 15.5. The number of amides is 2. The van der Waals surface area contributed by atoms with Gasteiger partial charge < -0.3 is 9.80 Å². The van der Waals surface area contributed by atoms with Crippen LogP contribution in [0.1, 0.15) is 27.0 Å². The smallest absolute Gasteiger partial charge is 0.255 e. The molecule has 1 heterocycles. The standard InChI is InChI=1S/C21H24N2O2S/c1-15-10-16(2)12-17(11-15)13-22-8-9-23(14-20(22)24)21(25)18-6-4-5-7-19(18)26-3/h4-7,10-12H,8-9,13-14H2,1-3H3. The Morgan fingerprint density at radius 1 is 1.08 bits per heavy atom. The lowest BCUT2D eigenvalue weighted by atomic mass is 10.1. The molecule has 1 saturated heterocycles. The average molecular weight is 369 g/mol. The van der Waals surface area contributed by atoms with E-state index in [0.29, 0.717) is 25.2 Å². The van der Waals surface area contributed by atoms with Crippen LogP contribution in [0.15, 0.2) is 47.4 Å². The summed E-state index contributed by atoms with van der Waals surface area (Å²) in [6, 6.07) is 13.9. The monoisotopic (exact) mass is 368 g/mol. The van der Waals surface area contributed by atoms with Crippen molar-refractivity contribution in [2.75, 3.05) is 25.9 Å². The highest BCUT2D eigenvalue weighted by molar-refractivity contribution is 7.98. The van der Waals surface area contributed by atoms with Crippen molar-refractivity contribution in [1.82, 2.24) is 9.80 Å². The van der Waals surface area contributed by atoms with E-state index in [4.69, 9.17) is 0 Å². The zero-order chi connectivity index (χ0) is 18.7. The molecule has 2 aromatic carbocycles. The molecule has 4 nitrogen and oxygen atoms in total. The van der Waals surface area contributed by atoms with Gasteiger partial charge in [-0.25, -0.2) is 0 Å². The van der Waals surface area contributed by atoms with Crippen LogP contribution in [0.25, 0.3) is 0 Å². The fraction of sp³-hybridized carbons (Fsp3) is 0.333. The first-order valence-corrected chi connectivity index (χ1v) is 9.97. The summed E-state index contributed by atoms with van der Waals surface area (Å²) in [5.41, 5.74) is 4.23. The van der Waals surface area contributed by atoms with Gasteiger partial charge in [0.1, 0.15) is 6.54 Å². The molecule has 26 heavy (non-hydrogen) atoms. The van der Waals surface area contributed by atoms with Gasteiger partial charge in [-0.15, -0.1) is 11.8 Å². The van der Waals surface area contributed by atoms with Crippen LogP contribution in [-0.2, 0) is 11.3 Å². The third-order valence-corrected chi connectivity index (χ3v) is 5.39. The number of hydrogen-bond donors (Lipinski definition) is 0. The fourth-order valence-corrected chi connectivity index (χ4v) is 4.01. The molecule has 0 aromatic heterocycles. The molecule has 1 aliphatic heterocycles. The van der Waals surface area contributed by atoms with Crippen LogP contribution < -0.4 is 0 Å². The number of rotatable bonds is 4. The molecule has 5 heteroatoms. The molecule has 0 aliphatic carbocycles. The predicted octanol–water partition coefficient (Wildman–Crippen LogP) is 3.51. The summed E-state index contributed by atoms with van der Waals surface area (Å²) in [5, 5.41) is 0. The number of piperazine rings is 1. The molecule has 0 spiro atoms. The van der Waals surface area contributed by atoms with E-state index in [1.54, 1.807) is 16.7 Å². The van der Waals surface area contributed by atoms with Gasteiger partial charge >= 0.3 is 0 Å². The number of thioether (sulfide) groups is 1. The molecule has 3 rings (SSSR count). The molecular formula is C21H24N2O2S. The third kappa shape index (κ3) is 4.10. The van der Waals surface area contributed by atoms with E-state index in [0.717, 1.165) is 10.5 Å². The maximum absolute atomic E-state index is 12.8. The molecule has 0 atom stereocenters. The second kappa shape index (κ2) is 7.96. The number of carbonyl (C=O) groups excluding carboxylic acids is 2. The second-order valence-corrected chi connectivity index (χ2v) is 7.59. The molecule has 1 fully saturated rings. The first kappa shape index (κ1) is 18.5. The number of aryl methyl sites for hydroxylation is 2. The van der Waals surface area contributed by atoms with Gasteiger partial charge in [0.25, 0.3) is 5.91 Å². The first-order chi connectivity index (χ1) is 12.5. The lowest BCUT2D eigenvalue weighted by Gasteiger charge is -2.34. The zero-order valence-corrected chi connectivity index (χ0v) is 16.3. The van der Waals surface area contributed by atoms with Crippen molar-refractivity contribution in [3.63, 3.8) is 0 Å². The number of benzene rings is 2. The summed E-state index contributed by atoms with van der Waals surface area (Å²) < 4.78 is 0. The van der Waals surface area contributed by atoms with Gasteiger partial charge in [0.2, 0.25) is 5.91 Å². The van der Waals surface area contributed by atoms with Gasteiger partial charge in [0.05, 0.1) is 5.56 Å². The maximum atomic E-state index is 12.8. The molecule has 0 bridgehead atoms. The molecule has 0 saturated carbocycles. The fourth-order valence-electron chi connectivity index (χ4n) is 3.42. The molecule has 136 valence electrons. The van der Waals surface area contributed by atoms with E-state index in [-0.39, 0.29) is 18.4 Å². The van der Waals surface area contributed by atoms with Crippen LogP contribution in [0, 0.1) is 13.8 Å². The van der Waals surface area contributed by atoms with E-state index in [2.05, 4.69) is 32.0 Å². The maximum Gasteiger partial charge on any atom is 0.255 e. The molecular weight excluding hydrogens is 344 g/mol. The minimum Gasteiger partial charge on any atom is -0.335 e. The van der Waals surface area contributed by atoms with Crippen LogP contribution in [0.3, 0.4) is 0 Å². The van der Waals surface area contributed by atoms with Crippen molar-refractivity contribution in [2.45, 2.75) is 25.3 Å². The average Bonchev–Trinajstić information content (AvgIpc) is 2.62. The van der Waals surface area contributed by atoms with Gasteiger partial charge in [-0.1, -0.05) is 41.5 Å². The number of hydrogen-bond acceptors (Lipinski definition) is 3. The quantitative estimate of drug-likeness (QED) is 0.776. The normalized spacial score (nSPS) is 14.7. The Balaban J connectivity index is 1.68. The molecule has 0 N–H and O–H groups in total. The highest BCUT2D eigenvalue weighted by atomic mass is 32.2. The van der Waals surface area contributed by atoms with Gasteiger partial charge in [0.15, 0.2) is 0 Å². The SMILES string of the molecule is CSc1ccccc1C(=O)N1CCN(Cc2cc(C)cc(C)c2)C(=O)C1. The largest absolute Gasteiger partial charge is 0.335 e. The van der Waals surface area contributed by atoms with Crippen LogP contribution in [0.2, 0.25) is 0 Å². The van der Waals surface area contributed by atoms with Gasteiger partial charge in [-0.3, -0.25) is 9.59 Å². The van der Waals surface area contributed by atoms with E-state index in [9.17, 15) is 9.59 Å². The van der Waals surface area contributed by atoms with Crippen LogP contribution in [-0.4, -0.2) is 47.5 Å². The Bertz CT molecular complexity index is 814. The summed E-state index contributed by atoms with van der Waals surface area (Å²) in [6.07, 6.45) is 1.96. The summed E-state index contributed by atoms with van der Waals surface area (Å²) in [4.78, 5) is 29.9. The van der Waals surface area contributed by atoms with Gasteiger partial charge in [-0.05, 0) is 37.8 Å². The third-order valence-electron chi connectivity index (χ3n) is 4.60. The van der Waals surface area contributed by atoms with Crippen LogP contribution in [0.4, 0.5) is 0 Å². The molecule has 0 radical (unpaired) electrons. The van der Waals surface area contributed by atoms with Crippen LogP contribution in [0.5, 0.6) is 0 Å². The Hall–Kier alpha value is -2.27. The lowest BCUT2D eigenvalue weighted by Crippen LogP contribution is -2.51. The van der Waals surface area contributed by atoms with Crippen molar-refractivity contribution in [1.29, 1.82) is 0 Å². The summed E-state index contributed by atoms with van der Waals surface area (Å²) in [6.45, 7) is 6.02. The van der Waals surface area contributed by atoms with E-state index >= 15 is 0 Å². The first-order valence-electron chi connectivity index (χ1n) is 8.75. The Morgan fingerprint density at radius 2 is 1.77 bits per heavy atom. The minimum absolute atomic E-state index is 0.00499. The summed E-state index contributed by atoms with van der Waals surface area (Å²) in [5.74, 6) is -0.0558. The van der Waals surface area contributed by atoms with Crippen molar-refractivity contribution < 1.29 is 9.59 Å². The molecule has 2 aromatic rings. The number of carbonyl (C=O) groups is 2. The molecule has 2 amide bonds. The van der Waals surface area contributed by atoms with Crippen molar-refractivity contribution in [3.8, 4) is 0 Å². The lowest BCUT2D eigenvalue weighted by molar-refractivity contribution is -0.135. The Morgan fingerprint density at radius 3 is 2.42 bits per heavy atom. The van der Waals surface area contributed by atoms with Gasteiger partial charge in [-0.2, -0.15) is 0 Å². The van der Waals surface area contributed by atoms with Crippen molar-refractivity contribution in [3.05, 3.63) is 64.7 Å². The Kier molecular flexibility index (Phi) is 5.67. The minimum atomic E-state index is -0.0608. The van der Waals surface area contributed by atoms with Gasteiger partial charge in [0, 0.05) is 24.5 Å². The predicted molar refractivity (Wildman–Crippen MR) is 105 cm³/mol. The van der Waals surface area contributed by atoms with Crippen LogP contribution >= 0.6 is 11.8 Å².